The van der Waals surface area contributed by atoms with Crippen LogP contribution in [0.5, 0.6) is 0 Å². The number of nitrogens with one attached hydrogen (secondary N) is 1. The molecule has 2 amide bonds. The lowest BCUT2D eigenvalue weighted by Crippen LogP contribution is -2.33. The predicted molar refractivity (Wildman–Crippen MR) is 78.3 cm³/mol. The molecule has 0 bridgehead atoms. The number of benzene rings is 1. The highest BCUT2D eigenvalue weighted by Gasteiger charge is 2.23. The van der Waals surface area contributed by atoms with Gasteiger partial charge in [0.2, 0.25) is 5.91 Å². The van der Waals surface area contributed by atoms with Gasteiger partial charge in [-0.05, 0) is 30.7 Å². The van der Waals surface area contributed by atoms with Crippen molar-refractivity contribution in [3.8, 4) is 0 Å². The molecular weight excluding hydrogens is 324 g/mol. The molecule has 1 aromatic carbocycles. The quantitative estimate of drug-likeness (QED) is 0.864. The second kappa shape index (κ2) is 6.85. The summed E-state index contributed by atoms with van der Waals surface area (Å²) in [7, 11) is 0. The molecule has 0 aliphatic carbocycles. The van der Waals surface area contributed by atoms with Gasteiger partial charge in [0.15, 0.2) is 0 Å². The number of hydrogen-bond acceptors (Lipinski definition) is 3. The summed E-state index contributed by atoms with van der Waals surface area (Å²) in [6.45, 7) is 1.31. The highest BCUT2D eigenvalue weighted by Crippen LogP contribution is 2.11. The molecule has 0 saturated carbocycles. The zero-order chi connectivity index (χ0) is 14.5. The highest BCUT2D eigenvalue weighted by atomic mass is 79.9. The van der Waals surface area contributed by atoms with Crippen LogP contribution in [0.4, 0.5) is 0 Å². The first-order chi connectivity index (χ1) is 9.56. The van der Waals surface area contributed by atoms with E-state index in [0.29, 0.717) is 31.6 Å². The average Bonchev–Trinajstić information content (AvgIpc) is 2.86. The molecule has 0 radical (unpaired) electrons. The number of β-amino-alcohol motifs (C(OH)–C–C–N with tert-alkyl or cyclic N) is 1. The van der Waals surface area contributed by atoms with Crippen LogP contribution in [-0.2, 0) is 4.79 Å². The maximum Gasteiger partial charge on any atom is 0.251 e. The molecule has 2 rings (SSSR count). The second-order valence-corrected chi connectivity index (χ2v) is 5.71. The summed E-state index contributed by atoms with van der Waals surface area (Å²) in [5.41, 5.74) is 0.567. The SMILES string of the molecule is O=C(NCCC(=O)N1CC[C@@H](O)C1)c1ccc(Br)cc1. The third kappa shape index (κ3) is 4.05. The van der Waals surface area contributed by atoms with E-state index in [0.717, 1.165) is 4.47 Å². The Bertz CT molecular complexity index is 490. The van der Waals surface area contributed by atoms with Crippen LogP contribution in [0.3, 0.4) is 0 Å². The van der Waals surface area contributed by atoms with Gasteiger partial charge in [0.1, 0.15) is 0 Å². The van der Waals surface area contributed by atoms with Crippen molar-refractivity contribution in [2.24, 2.45) is 0 Å². The monoisotopic (exact) mass is 340 g/mol. The van der Waals surface area contributed by atoms with Gasteiger partial charge in [-0.1, -0.05) is 15.9 Å². The minimum Gasteiger partial charge on any atom is -0.391 e. The Morgan fingerprint density at radius 1 is 1.35 bits per heavy atom. The lowest BCUT2D eigenvalue weighted by Gasteiger charge is -2.15. The van der Waals surface area contributed by atoms with E-state index >= 15 is 0 Å². The molecule has 108 valence electrons. The van der Waals surface area contributed by atoms with Crippen LogP contribution in [0.25, 0.3) is 0 Å². The average molecular weight is 341 g/mol. The minimum absolute atomic E-state index is 0.0299. The molecule has 1 atom stereocenters. The van der Waals surface area contributed by atoms with Crippen molar-refractivity contribution in [1.29, 1.82) is 0 Å². The summed E-state index contributed by atoms with van der Waals surface area (Å²) >= 11 is 3.31. The summed E-state index contributed by atoms with van der Waals surface area (Å²) in [6.07, 6.45) is 0.489. The van der Waals surface area contributed by atoms with Crippen molar-refractivity contribution < 1.29 is 14.7 Å². The lowest BCUT2D eigenvalue weighted by atomic mass is 10.2. The van der Waals surface area contributed by atoms with Crippen LogP contribution in [-0.4, -0.2) is 47.6 Å². The molecule has 1 heterocycles. The predicted octanol–water partition coefficient (Wildman–Crippen LogP) is 1.16. The first-order valence-corrected chi connectivity index (χ1v) is 7.35. The van der Waals surface area contributed by atoms with Crippen molar-refractivity contribution in [2.45, 2.75) is 18.9 Å². The van der Waals surface area contributed by atoms with E-state index < -0.39 is 6.10 Å². The molecule has 1 aliphatic heterocycles. The molecule has 0 unspecified atom stereocenters. The van der Waals surface area contributed by atoms with E-state index in [1.807, 2.05) is 0 Å². The van der Waals surface area contributed by atoms with Gasteiger partial charge in [-0.2, -0.15) is 0 Å². The number of amides is 2. The first-order valence-electron chi connectivity index (χ1n) is 6.56. The maximum atomic E-state index is 11.8. The van der Waals surface area contributed by atoms with Crippen LogP contribution in [0.1, 0.15) is 23.2 Å². The summed E-state index contributed by atoms with van der Waals surface area (Å²) in [5.74, 6) is -0.218. The van der Waals surface area contributed by atoms with Gasteiger partial charge in [-0.3, -0.25) is 9.59 Å². The summed E-state index contributed by atoms with van der Waals surface area (Å²) in [4.78, 5) is 25.3. The standard InChI is InChI=1S/C14H17BrN2O3/c15-11-3-1-10(2-4-11)14(20)16-7-5-13(19)17-8-6-12(18)9-17/h1-4,12,18H,5-9H2,(H,16,20)/t12-/m1/s1. The normalized spacial score (nSPS) is 18.1. The van der Waals surface area contributed by atoms with Crippen molar-refractivity contribution in [1.82, 2.24) is 10.2 Å². The van der Waals surface area contributed by atoms with Crippen LogP contribution < -0.4 is 5.32 Å². The topological polar surface area (TPSA) is 69.6 Å². The molecule has 1 saturated heterocycles. The molecule has 6 heteroatoms. The molecule has 1 aliphatic rings. The highest BCUT2D eigenvalue weighted by molar-refractivity contribution is 9.10. The molecule has 20 heavy (non-hydrogen) atoms. The smallest absolute Gasteiger partial charge is 0.251 e. The third-order valence-corrected chi connectivity index (χ3v) is 3.78. The summed E-state index contributed by atoms with van der Waals surface area (Å²) < 4.78 is 0.914. The molecule has 0 spiro atoms. The van der Waals surface area contributed by atoms with Gasteiger partial charge >= 0.3 is 0 Å². The summed E-state index contributed by atoms with van der Waals surface area (Å²) in [5, 5.41) is 12.1. The van der Waals surface area contributed by atoms with Gasteiger partial charge in [0, 0.05) is 36.1 Å². The van der Waals surface area contributed by atoms with Crippen LogP contribution in [0.15, 0.2) is 28.7 Å². The number of halogens is 1. The zero-order valence-electron chi connectivity index (χ0n) is 11.0. The second-order valence-electron chi connectivity index (χ2n) is 4.80. The van der Waals surface area contributed by atoms with Gasteiger partial charge in [0.05, 0.1) is 6.10 Å². The lowest BCUT2D eigenvalue weighted by molar-refractivity contribution is -0.130. The fourth-order valence-electron chi connectivity index (χ4n) is 2.11. The largest absolute Gasteiger partial charge is 0.391 e. The fourth-order valence-corrected chi connectivity index (χ4v) is 2.38. The number of likely N-dealkylation sites (tertiary alicyclic amines) is 1. The molecule has 1 aromatic rings. The molecule has 1 fully saturated rings. The van der Waals surface area contributed by atoms with Gasteiger partial charge in [-0.15, -0.1) is 0 Å². The molecule has 5 nitrogen and oxygen atoms in total. The summed E-state index contributed by atoms with van der Waals surface area (Å²) in [6, 6.07) is 7.04. The number of carbonyl (C=O) groups is 2. The number of nitrogens with zero attached hydrogens (tertiary/aromatic N) is 1. The van der Waals surface area contributed by atoms with Gasteiger partial charge < -0.3 is 15.3 Å². The van der Waals surface area contributed by atoms with E-state index in [-0.39, 0.29) is 18.2 Å². The van der Waals surface area contributed by atoms with E-state index in [9.17, 15) is 14.7 Å². The van der Waals surface area contributed by atoms with Crippen LogP contribution in [0, 0.1) is 0 Å². The molecule has 0 aromatic heterocycles. The Kier molecular flexibility index (Phi) is 5.14. The van der Waals surface area contributed by atoms with Gasteiger partial charge in [-0.25, -0.2) is 0 Å². The Morgan fingerprint density at radius 2 is 2.05 bits per heavy atom. The van der Waals surface area contributed by atoms with Crippen LogP contribution >= 0.6 is 15.9 Å². The maximum absolute atomic E-state index is 11.8. The van der Waals surface area contributed by atoms with Crippen LogP contribution in [0.2, 0.25) is 0 Å². The number of rotatable bonds is 4. The van der Waals surface area contributed by atoms with E-state index in [1.165, 1.54) is 0 Å². The number of aliphatic hydroxyl groups excluding tert-OH is 1. The van der Waals surface area contributed by atoms with Crippen molar-refractivity contribution in [3.05, 3.63) is 34.3 Å². The molecule has 2 N–H and O–H groups in total. The Morgan fingerprint density at radius 3 is 2.65 bits per heavy atom. The number of aliphatic hydroxyl groups is 1. The van der Waals surface area contributed by atoms with Crippen molar-refractivity contribution in [2.75, 3.05) is 19.6 Å². The first kappa shape index (κ1) is 15.0. The molecular formula is C14H17BrN2O3. The van der Waals surface area contributed by atoms with E-state index in [1.54, 1.807) is 29.2 Å². The third-order valence-electron chi connectivity index (χ3n) is 3.25. The zero-order valence-corrected chi connectivity index (χ0v) is 12.6. The minimum atomic E-state index is -0.406. The van der Waals surface area contributed by atoms with Crippen molar-refractivity contribution in [3.63, 3.8) is 0 Å². The Hall–Kier alpha value is -1.40. The van der Waals surface area contributed by atoms with E-state index in [4.69, 9.17) is 0 Å². The van der Waals surface area contributed by atoms with Crippen molar-refractivity contribution >= 4 is 27.7 Å². The Labute approximate surface area is 126 Å². The fraction of sp³-hybridized carbons (Fsp3) is 0.429. The van der Waals surface area contributed by atoms with E-state index in [2.05, 4.69) is 21.2 Å². The van der Waals surface area contributed by atoms with Gasteiger partial charge in [0.25, 0.3) is 5.91 Å². The number of hydrogen-bond donors (Lipinski definition) is 2. The number of carbonyl (C=O) groups excluding carboxylic acids is 2. The Balaban J connectivity index is 1.74.